The van der Waals surface area contributed by atoms with Gasteiger partial charge < -0.3 is 21.3 Å². The van der Waals surface area contributed by atoms with Gasteiger partial charge in [0.2, 0.25) is 5.91 Å². The Morgan fingerprint density at radius 1 is 0.875 bits per heavy atom. The van der Waals surface area contributed by atoms with Crippen LogP contribution in [0.15, 0.2) is 36.4 Å². The molecule has 7 nitrogen and oxygen atoms in total. The van der Waals surface area contributed by atoms with Crippen molar-refractivity contribution in [3.8, 4) is 0 Å². The van der Waals surface area contributed by atoms with Gasteiger partial charge in [0.1, 0.15) is 5.41 Å². The van der Waals surface area contributed by atoms with E-state index >= 15 is 0 Å². The summed E-state index contributed by atoms with van der Waals surface area (Å²) in [6.07, 6.45) is 1.55. The molecule has 0 saturated carbocycles. The summed E-state index contributed by atoms with van der Waals surface area (Å²) in [6.45, 7) is 1.85. The first-order valence-electron chi connectivity index (χ1n) is 10.7. The predicted octanol–water partition coefficient (Wildman–Crippen LogP) is 1.70. The second kappa shape index (κ2) is 8.74. The average molecular weight is 437 g/mol. The van der Waals surface area contributed by atoms with Crippen LogP contribution in [0.4, 0.5) is 0 Å². The fourth-order valence-corrected chi connectivity index (χ4v) is 4.70. The molecule has 0 fully saturated rings. The highest BCUT2D eigenvalue weighted by Crippen LogP contribution is 2.43. The monoisotopic (exact) mass is 436 g/mol. The highest BCUT2D eigenvalue weighted by atomic mass is 16.2. The highest BCUT2D eigenvalue weighted by molar-refractivity contribution is 5.97. The van der Waals surface area contributed by atoms with Crippen molar-refractivity contribution in [1.29, 1.82) is 0 Å². The number of aryl methyl sites for hydroxylation is 2. The quantitative estimate of drug-likeness (QED) is 0.743. The minimum atomic E-state index is -1.14. The van der Waals surface area contributed by atoms with E-state index in [9.17, 15) is 14.4 Å². The highest BCUT2D eigenvalue weighted by Gasteiger charge is 2.45. The average Bonchev–Trinajstić information content (AvgIpc) is 2.87. The van der Waals surface area contributed by atoms with Crippen LogP contribution in [0.3, 0.4) is 0 Å². The van der Waals surface area contributed by atoms with E-state index in [-0.39, 0.29) is 17.9 Å². The molecule has 0 heterocycles. The van der Waals surface area contributed by atoms with Crippen LogP contribution < -0.4 is 11.5 Å². The third kappa shape index (κ3) is 4.00. The first-order valence-corrected chi connectivity index (χ1v) is 10.7. The molecule has 0 spiro atoms. The van der Waals surface area contributed by atoms with E-state index in [1.807, 2.05) is 31.2 Å². The first kappa shape index (κ1) is 23.5. The zero-order chi connectivity index (χ0) is 23.8. The number of rotatable bonds is 5. The molecule has 2 aromatic carbocycles. The molecule has 1 atom stereocenters. The number of hydrogen-bond acceptors (Lipinski definition) is 4. The lowest BCUT2D eigenvalue weighted by Gasteiger charge is -2.35. The van der Waals surface area contributed by atoms with Crippen molar-refractivity contribution in [2.45, 2.75) is 37.6 Å². The van der Waals surface area contributed by atoms with Crippen molar-refractivity contribution in [2.24, 2.45) is 11.5 Å². The van der Waals surface area contributed by atoms with Gasteiger partial charge in [-0.05, 0) is 72.7 Å². The molecule has 3 amide bonds. The molecular weight excluding hydrogens is 404 g/mol. The number of hydrogen-bond donors (Lipinski definition) is 2. The molecule has 0 unspecified atom stereocenters. The second-order valence-corrected chi connectivity index (χ2v) is 9.09. The maximum Gasteiger partial charge on any atom is 0.253 e. The minimum absolute atomic E-state index is 0.106. The molecular formula is C25H32N4O3. The van der Waals surface area contributed by atoms with Gasteiger partial charge >= 0.3 is 0 Å². The largest absolute Gasteiger partial charge is 0.369 e. The Hall–Kier alpha value is -3.19. The standard InChI is InChI=1S/C25H32N4O3/c1-15(26)14-25(24(27)32)20-10-8-18(22(30)28(2)3)12-16(20)6-7-17-13-19(9-11-21(17)25)23(31)29(4)5/h8-13,15H,6-7,14,26H2,1-5H3,(H2,27,32)/t15-/m0/s1. The van der Waals surface area contributed by atoms with Crippen LogP contribution in [0.25, 0.3) is 0 Å². The lowest BCUT2D eigenvalue weighted by Crippen LogP contribution is -2.46. The van der Waals surface area contributed by atoms with Crippen LogP contribution in [0.5, 0.6) is 0 Å². The van der Waals surface area contributed by atoms with Crippen molar-refractivity contribution in [1.82, 2.24) is 9.80 Å². The van der Waals surface area contributed by atoms with Crippen molar-refractivity contribution < 1.29 is 14.4 Å². The molecule has 32 heavy (non-hydrogen) atoms. The Kier molecular flexibility index (Phi) is 6.41. The summed E-state index contributed by atoms with van der Waals surface area (Å²) in [4.78, 5) is 41.3. The second-order valence-electron chi connectivity index (χ2n) is 9.09. The third-order valence-electron chi connectivity index (χ3n) is 6.15. The van der Waals surface area contributed by atoms with Gasteiger partial charge in [0.15, 0.2) is 0 Å². The summed E-state index contributed by atoms with van der Waals surface area (Å²) < 4.78 is 0. The molecule has 0 aromatic heterocycles. The summed E-state index contributed by atoms with van der Waals surface area (Å²) in [5.41, 5.74) is 15.6. The van der Waals surface area contributed by atoms with Gasteiger partial charge in [-0.15, -0.1) is 0 Å². The lowest BCUT2D eigenvalue weighted by molar-refractivity contribution is -0.122. The third-order valence-corrected chi connectivity index (χ3v) is 6.15. The van der Waals surface area contributed by atoms with E-state index in [0.29, 0.717) is 30.4 Å². The number of carbonyl (C=O) groups is 3. The number of nitrogens with two attached hydrogens (primary N) is 2. The van der Waals surface area contributed by atoms with Crippen LogP contribution in [0.1, 0.15) is 56.3 Å². The molecule has 1 aliphatic rings. The van der Waals surface area contributed by atoms with Crippen LogP contribution in [0, 0.1) is 0 Å². The summed E-state index contributed by atoms with van der Waals surface area (Å²) in [5.74, 6) is -0.701. The van der Waals surface area contributed by atoms with E-state index in [1.54, 1.807) is 40.3 Å². The molecule has 170 valence electrons. The van der Waals surface area contributed by atoms with Crippen LogP contribution in [0.2, 0.25) is 0 Å². The summed E-state index contributed by atoms with van der Waals surface area (Å²) >= 11 is 0. The van der Waals surface area contributed by atoms with Gasteiger partial charge in [0.25, 0.3) is 11.8 Å². The molecule has 0 saturated heterocycles. The number of amides is 3. The topological polar surface area (TPSA) is 110 Å². The van der Waals surface area contributed by atoms with Crippen LogP contribution in [-0.4, -0.2) is 61.8 Å². The van der Waals surface area contributed by atoms with E-state index in [1.165, 1.54) is 9.80 Å². The summed E-state index contributed by atoms with van der Waals surface area (Å²) in [7, 11) is 6.82. The fraction of sp³-hybridized carbons (Fsp3) is 0.400. The fourth-order valence-electron chi connectivity index (χ4n) is 4.70. The SMILES string of the molecule is C[C@H](N)CC1(C(N)=O)c2ccc(C(=O)N(C)C)cc2CCc2cc(C(=O)N(C)C)ccc21. The Labute approximate surface area is 189 Å². The molecule has 4 N–H and O–H groups in total. The van der Waals surface area contributed by atoms with E-state index in [2.05, 4.69) is 0 Å². The molecule has 0 aliphatic heterocycles. The van der Waals surface area contributed by atoms with E-state index < -0.39 is 11.3 Å². The van der Waals surface area contributed by atoms with Crippen LogP contribution >= 0.6 is 0 Å². The predicted molar refractivity (Wildman–Crippen MR) is 125 cm³/mol. The number of benzene rings is 2. The number of nitrogens with zero attached hydrogens (tertiary/aromatic N) is 2. The van der Waals surface area contributed by atoms with Crippen molar-refractivity contribution >= 4 is 17.7 Å². The van der Waals surface area contributed by atoms with Crippen molar-refractivity contribution in [2.75, 3.05) is 28.2 Å². The first-order chi connectivity index (χ1) is 15.0. The zero-order valence-electron chi connectivity index (χ0n) is 19.4. The Morgan fingerprint density at radius 3 is 1.59 bits per heavy atom. The van der Waals surface area contributed by atoms with Gasteiger partial charge in [-0.25, -0.2) is 0 Å². The molecule has 0 radical (unpaired) electrons. The van der Waals surface area contributed by atoms with Gasteiger partial charge in [-0.1, -0.05) is 12.1 Å². The summed E-state index contributed by atoms with van der Waals surface area (Å²) in [6, 6.07) is 10.6. The Bertz CT molecular complexity index is 1000. The number of primary amides is 1. The molecule has 1 aliphatic carbocycles. The van der Waals surface area contributed by atoms with E-state index in [4.69, 9.17) is 11.5 Å². The van der Waals surface area contributed by atoms with Gasteiger partial charge in [-0.2, -0.15) is 0 Å². The molecule has 3 rings (SSSR count). The molecule has 0 bridgehead atoms. The molecule has 7 heteroatoms. The molecule has 2 aromatic rings. The Balaban J connectivity index is 2.28. The number of carbonyl (C=O) groups excluding carboxylic acids is 3. The Morgan fingerprint density at radius 2 is 1.28 bits per heavy atom. The maximum atomic E-state index is 13.2. The van der Waals surface area contributed by atoms with Gasteiger partial charge in [0.05, 0.1) is 0 Å². The smallest absolute Gasteiger partial charge is 0.253 e. The maximum absolute atomic E-state index is 13.2. The van der Waals surface area contributed by atoms with Gasteiger partial charge in [0, 0.05) is 45.4 Å². The minimum Gasteiger partial charge on any atom is -0.369 e. The normalized spacial score (nSPS) is 15.1. The lowest BCUT2D eigenvalue weighted by atomic mass is 9.68. The number of fused-ring (bicyclic) bond motifs is 2. The summed E-state index contributed by atoms with van der Waals surface area (Å²) in [5, 5.41) is 0. The van der Waals surface area contributed by atoms with Gasteiger partial charge in [-0.3, -0.25) is 14.4 Å². The van der Waals surface area contributed by atoms with Crippen molar-refractivity contribution in [3.63, 3.8) is 0 Å². The zero-order valence-corrected chi connectivity index (χ0v) is 19.4. The van der Waals surface area contributed by atoms with Crippen molar-refractivity contribution in [3.05, 3.63) is 69.8 Å². The van der Waals surface area contributed by atoms with Crippen LogP contribution in [-0.2, 0) is 23.1 Å². The van der Waals surface area contributed by atoms with E-state index in [0.717, 1.165) is 22.3 Å².